The van der Waals surface area contributed by atoms with E-state index < -0.39 is 0 Å². The molecule has 0 aliphatic heterocycles. The molecule has 4 heteroatoms. The summed E-state index contributed by atoms with van der Waals surface area (Å²) in [6, 6.07) is 13.5. The van der Waals surface area contributed by atoms with Gasteiger partial charge in [0.05, 0.1) is 17.8 Å². The first-order valence-electron chi connectivity index (χ1n) is 6.53. The highest BCUT2D eigenvalue weighted by Crippen LogP contribution is 2.12. The van der Waals surface area contributed by atoms with Crippen molar-refractivity contribution >= 4 is 10.9 Å². The van der Waals surface area contributed by atoms with Gasteiger partial charge in [-0.05, 0) is 26.0 Å². The molecule has 0 fully saturated rings. The summed E-state index contributed by atoms with van der Waals surface area (Å²) in [4.78, 5) is 20.9. The van der Waals surface area contributed by atoms with Gasteiger partial charge in [0.25, 0.3) is 5.56 Å². The summed E-state index contributed by atoms with van der Waals surface area (Å²) >= 11 is 0. The Hall–Kier alpha value is -2.49. The van der Waals surface area contributed by atoms with Gasteiger partial charge in [0.15, 0.2) is 0 Å². The van der Waals surface area contributed by atoms with Crippen molar-refractivity contribution in [2.45, 2.75) is 20.4 Å². The maximum Gasteiger partial charge on any atom is 0.254 e. The first-order chi connectivity index (χ1) is 9.63. The summed E-state index contributed by atoms with van der Waals surface area (Å²) in [6.45, 7) is 4.12. The molecule has 0 aliphatic carbocycles. The molecule has 0 amide bonds. The van der Waals surface area contributed by atoms with Crippen LogP contribution in [-0.4, -0.2) is 14.5 Å². The average Bonchev–Trinajstić information content (AvgIpc) is 2.42. The number of aryl methyl sites for hydroxylation is 2. The molecule has 4 nitrogen and oxygen atoms in total. The molecule has 3 rings (SSSR count). The monoisotopic (exact) mass is 265 g/mol. The zero-order chi connectivity index (χ0) is 14.1. The van der Waals surface area contributed by atoms with E-state index in [9.17, 15) is 4.79 Å². The van der Waals surface area contributed by atoms with E-state index in [1.165, 1.54) is 0 Å². The zero-order valence-electron chi connectivity index (χ0n) is 11.5. The number of hydrogen-bond acceptors (Lipinski definition) is 3. The fourth-order valence-electron chi connectivity index (χ4n) is 2.31. The number of para-hydroxylation sites is 1. The van der Waals surface area contributed by atoms with E-state index in [1.807, 2.05) is 50.2 Å². The number of aromatic nitrogens is 3. The van der Waals surface area contributed by atoms with E-state index in [2.05, 4.69) is 9.97 Å². The maximum atomic E-state index is 12.0. The smallest absolute Gasteiger partial charge is 0.254 e. The molecule has 20 heavy (non-hydrogen) atoms. The molecule has 0 atom stereocenters. The van der Waals surface area contributed by atoms with Crippen LogP contribution in [0.1, 0.15) is 17.2 Å². The Morgan fingerprint density at radius 1 is 1.05 bits per heavy atom. The summed E-state index contributed by atoms with van der Waals surface area (Å²) in [7, 11) is 0. The minimum atomic E-state index is -0.0371. The van der Waals surface area contributed by atoms with Crippen LogP contribution < -0.4 is 5.56 Å². The zero-order valence-corrected chi connectivity index (χ0v) is 11.5. The molecule has 0 N–H and O–H groups in total. The van der Waals surface area contributed by atoms with Crippen LogP contribution in [0.4, 0.5) is 0 Å². The standard InChI is InChI=1S/C16H15N3O/c1-11-9-16(20)19(12(2)17-11)10-14-8-7-13-5-3-4-6-15(13)18-14/h3-9H,10H2,1-2H3. The summed E-state index contributed by atoms with van der Waals surface area (Å²) < 4.78 is 1.64. The lowest BCUT2D eigenvalue weighted by molar-refractivity contribution is 0.683. The van der Waals surface area contributed by atoms with Crippen LogP contribution in [-0.2, 0) is 6.54 Å². The Kier molecular flexibility index (Phi) is 3.06. The van der Waals surface area contributed by atoms with Gasteiger partial charge in [-0.1, -0.05) is 24.3 Å². The van der Waals surface area contributed by atoms with Crippen molar-refractivity contribution in [3.63, 3.8) is 0 Å². The summed E-state index contributed by atoms with van der Waals surface area (Å²) in [5.41, 5.74) is 2.51. The van der Waals surface area contributed by atoms with Gasteiger partial charge in [0, 0.05) is 17.1 Å². The van der Waals surface area contributed by atoms with E-state index in [4.69, 9.17) is 0 Å². The van der Waals surface area contributed by atoms with Gasteiger partial charge in [-0.3, -0.25) is 14.3 Å². The lowest BCUT2D eigenvalue weighted by atomic mass is 10.2. The van der Waals surface area contributed by atoms with Gasteiger partial charge in [-0.15, -0.1) is 0 Å². The maximum absolute atomic E-state index is 12.0. The molecule has 0 spiro atoms. The highest BCUT2D eigenvalue weighted by molar-refractivity contribution is 5.78. The van der Waals surface area contributed by atoms with Gasteiger partial charge in [-0.2, -0.15) is 0 Å². The van der Waals surface area contributed by atoms with Crippen LogP contribution >= 0.6 is 0 Å². The normalized spacial score (nSPS) is 10.9. The van der Waals surface area contributed by atoms with E-state index in [-0.39, 0.29) is 5.56 Å². The quantitative estimate of drug-likeness (QED) is 0.715. The van der Waals surface area contributed by atoms with Crippen molar-refractivity contribution in [1.29, 1.82) is 0 Å². The molecular weight excluding hydrogens is 250 g/mol. The van der Waals surface area contributed by atoms with Gasteiger partial charge >= 0.3 is 0 Å². The second kappa shape index (κ2) is 4.89. The minimum absolute atomic E-state index is 0.0371. The lowest BCUT2D eigenvalue weighted by Gasteiger charge is -2.09. The fraction of sp³-hybridized carbons (Fsp3) is 0.188. The molecule has 100 valence electrons. The van der Waals surface area contributed by atoms with E-state index in [0.717, 1.165) is 22.3 Å². The largest absolute Gasteiger partial charge is 0.291 e. The fourth-order valence-corrected chi connectivity index (χ4v) is 2.31. The van der Waals surface area contributed by atoms with Gasteiger partial charge in [0.1, 0.15) is 5.82 Å². The molecule has 0 aliphatic rings. The third kappa shape index (κ3) is 2.32. The molecule has 0 saturated carbocycles. The van der Waals surface area contributed by atoms with Crippen LogP contribution in [0.5, 0.6) is 0 Å². The first-order valence-corrected chi connectivity index (χ1v) is 6.53. The number of rotatable bonds is 2. The topological polar surface area (TPSA) is 47.8 Å². The molecule has 0 saturated heterocycles. The second-order valence-electron chi connectivity index (χ2n) is 4.86. The molecule has 1 aromatic carbocycles. The van der Waals surface area contributed by atoms with Crippen LogP contribution in [0.2, 0.25) is 0 Å². The summed E-state index contributed by atoms with van der Waals surface area (Å²) in [5, 5.41) is 1.10. The summed E-state index contributed by atoms with van der Waals surface area (Å²) in [6.07, 6.45) is 0. The predicted octanol–water partition coefficient (Wildman–Crippen LogP) is 2.46. The van der Waals surface area contributed by atoms with Crippen LogP contribution in [0.3, 0.4) is 0 Å². The molecule has 0 radical (unpaired) electrons. The molecule has 2 aromatic heterocycles. The van der Waals surface area contributed by atoms with Gasteiger partial charge in [-0.25, -0.2) is 4.98 Å². The average molecular weight is 265 g/mol. The lowest BCUT2D eigenvalue weighted by Crippen LogP contribution is -2.24. The summed E-state index contributed by atoms with van der Waals surface area (Å²) in [5.74, 6) is 0.713. The Labute approximate surface area is 116 Å². The van der Waals surface area contributed by atoms with Crippen LogP contribution in [0.25, 0.3) is 10.9 Å². The van der Waals surface area contributed by atoms with Crippen molar-refractivity contribution in [2.24, 2.45) is 0 Å². The number of fused-ring (bicyclic) bond motifs is 1. The highest BCUT2D eigenvalue weighted by atomic mass is 16.1. The molecular formula is C16H15N3O. The molecule has 0 unspecified atom stereocenters. The number of benzene rings is 1. The van der Waals surface area contributed by atoms with E-state index in [0.29, 0.717) is 12.4 Å². The minimum Gasteiger partial charge on any atom is -0.291 e. The van der Waals surface area contributed by atoms with Crippen molar-refractivity contribution < 1.29 is 0 Å². The predicted molar refractivity (Wildman–Crippen MR) is 78.8 cm³/mol. The molecule has 3 aromatic rings. The number of pyridine rings is 1. The number of nitrogens with zero attached hydrogens (tertiary/aromatic N) is 3. The molecule has 2 heterocycles. The van der Waals surface area contributed by atoms with E-state index >= 15 is 0 Å². The van der Waals surface area contributed by atoms with Crippen molar-refractivity contribution in [3.8, 4) is 0 Å². The second-order valence-corrected chi connectivity index (χ2v) is 4.86. The van der Waals surface area contributed by atoms with Crippen molar-refractivity contribution in [2.75, 3.05) is 0 Å². The highest BCUT2D eigenvalue weighted by Gasteiger charge is 2.05. The third-order valence-electron chi connectivity index (χ3n) is 3.30. The first kappa shape index (κ1) is 12.5. The SMILES string of the molecule is Cc1cc(=O)n(Cc2ccc3ccccc3n2)c(C)n1. The Balaban J connectivity index is 2.03. The Bertz CT molecular complexity index is 836. The van der Waals surface area contributed by atoms with Gasteiger partial charge < -0.3 is 0 Å². The van der Waals surface area contributed by atoms with E-state index in [1.54, 1.807) is 10.6 Å². The third-order valence-corrected chi connectivity index (χ3v) is 3.30. The number of hydrogen-bond donors (Lipinski definition) is 0. The van der Waals surface area contributed by atoms with Crippen molar-refractivity contribution in [1.82, 2.24) is 14.5 Å². The van der Waals surface area contributed by atoms with Crippen molar-refractivity contribution in [3.05, 3.63) is 70.0 Å². The van der Waals surface area contributed by atoms with Crippen LogP contribution in [0, 0.1) is 13.8 Å². The van der Waals surface area contributed by atoms with Crippen LogP contribution in [0.15, 0.2) is 47.3 Å². The Morgan fingerprint density at radius 3 is 2.65 bits per heavy atom. The Morgan fingerprint density at radius 2 is 1.85 bits per heavy atom. The molecule has 0 bridgehead atoms. The van der Waals surface area contributed by atoms with Gasteiger partial charge in [0.2, 0.25) is 0 Å².